The molecule has 7 heteroatoms. The Morgan fingerprint density at radius 2 is 2.04 bits per heavy atom. The van der Waals surface area contributed by atoms with E-state index in [-0.39, 0.29) is 0 Å². The van der Waals surface area contributed by atoms with Crippen LogP contribution in [0.25, 0.3) is 0 Å². The summed E-state index contributed by atoms with van der Waals surface area (Å²) in [6.45, 7) is 8.17. The van der Waals surface area contributed by atoms with E-state index in [0.717, 1.165) is 63.2 Å². The van der Waals surface area contributed by atoms with Gasteiger partial charge in [-0.25, -0.2) is 0 Å². The minimum absolute atomic E-state index is 0.601. The number of morpholine rings is 1. The zero-order valence-corrected chi connectivity index (χ0v) is 17.6. The van der Waals surface area contributed by atoms with Gasteiger partial charge in [0.2, 0.25) is 0 Å². The van der Waals surface area contributed by atoms with Gasteiger partial charge in [-0.3, -0.25) is 9.89 Å². The summed E-state index contributed by atoms with van der Waals surface area (Å²) in [4.78, 5) is 11.6. The fraction of sp³-hybridized carbons (Fsp3) is 0.667. The van der Waals surface area contributed by atoms with Gasteiger partial charge in [-0.15, -0.1) is 0 Å². The van der Waals surface area contributed by atoms with E-state index in [2.05, 4.69) is 51.2 Å². The molecule has 0 aromatic heterocycles. The quantitative estimate of drug-likeness (QED) is 0.557. The molecule has 2 saturated heterocycles. The normalized spacial score (nSPS) is 21.4. The number of nitrogens with one attached hydrogen (secondary N) is 1. The van der Waals surface area contributed by atoms with Gasteiger partial charge in [-0.2, -0.15) is 0 Å². The van der Waals surface area contributed by atoms with Crippen molar-refractivity contribution in [3.05, 3.63) is 29.8 Å². The van der Waals surface area contributed by atoms with Gasteiger partial charge in [0.1, 0.15) is 12.4 Å². The van der Waals surface area contributed by atoms with Crippen molar-refractivity contribution >= 4 is 5.96 Å². The fourth-order valence-electron chi connectivity index (χ4n) is 3.81. The topological polar surface area (TPSA) is 52.6 Å². The molecule has 3 rings (SSSR count). The molecule has 2 heterocycles. The van der Waals surface area contributed by atoms with E-state index in [1.54, 1.807) is 0 Å². The molecule has 0 amide bonds. The number of hydrogen-bond acceptors (Lipinski definition) is 5. The Hall–Kier alpha value is -1.83. The Morgan fingerprint density at radius 1 is 1.25 bits per heavy atom. The third-order valence-electron chi connectivity index (χ3n) is 5.44. The van der Waals surface area contributed by atoms with Crippen LogP contribution >= 0.6 is 0 Å². The summed E-state index contributed by atoms with van der Waals surface area (Å²) >= 11 is 0. The van der Waals surface area contributed by atoms with Gasteiger partial charge < -0.3 is 24.6 Å². The highest BCUT2D eigenvalue weighted by Gasteiger charge is 2.30. The van der Waals surface area contributed by atoms with E-state index in [1.165, 1.54) is 6.42 Å². The minimum Gasteiger partial charge on any atom is -0.492 e. The summed E-state index contributed by atoms with van der Waals surface area (Å²) in [6, 6.07) is 8.84. The van der Waals surface area contributed by atoms with Crippen LogP contribution in [0.2, 0.25) is 0 Å². The van der Waals surface area contributed by atoms with E-state index >= 15 is 0 Å². The number of hydrogen-bond donors (Lipinski definition) is 1. The maximum atomic E-state index is 5.98. The standard InChI is InChI=1S/C21H35N5O2/c1-22-21(26-9-8-19(17-26)25-11-13-27-14-12-25)23-16-18-6-4-5-7-20(18)28-15-10-24(2)3/h4-7,19H,8-17H2,1-3H3,(H,22,23). The summed E-state index contributed by atoms with van der Waals surface area (Å²) in [5.41, 5.74) is 1.16. The van der Waals surface area contributed by atoms with Crippen molar-refractivity contribution in [2.75, 3.05) is 73.7 Å². The van der Waals surface area contributed by atoms with Crippen molar-refractivity contribution < 1.29 is 9.47 Å². The van der Waals surface area contributed by atoms with E-state index in [9.17, 15) is 0 Å². The highest BCUT2D eigenvalue weighted by molar-refractivity contribution is 5.80. The number of nitrogens with zero attached hydrogens (tertiary/aromatic N) is 4. The molecule has 2 fully saturated rings. The molecule has 0 aliphatic carbocycles. The minimum atomic E-state index is 0.601. The van der Waals surface area contributed by atoms with Crippen molar-refractivity contribution in [1.29, 1.82) is 0 Å². The summed E-state index contributed by atoms with van der Waals surface area (Å²) in [5.74, 6) is 1.92. The van der Waals surface area contributed by atoms with Crippen LogP contribution in [0, 0.1) is 0 Å². The van der Waals surface area contributed by atoms with Gasteiger partial charge in [-0.05, 0) is 26.6 Å². The zero-order chi connectivity index (χ0) is 19.8. The number of likely N-dealkylation sites (tertiary alicyclic amines) is 1. The molecule has 1 unspecified atom stereocenters. The maximum Gasteiger partial charge on any atom is 0.193 e. The molecule has 0 radical (unpaired) electrons. The predicted octanol–water partition coefficient (Wildman–Crippen LogP) is 1.11. The number of rotatable bonds is 7. The molecular formula is C21H35N5O2. The zero-order valence-electron chi connectivity index (χ0n) is 17.6. The van der Waals surface area contributed by atoms with Crippen molar-refractivity contribution in [1.82, 2.24) is 20.0 Å². The Kier molecular flexibility index (Phi) is 7.94. The van der Waals surface area contributed by atoms with Crippen molar-refractivity contribution in [3.8, 4) is 5.75 Å². The Bertz CT molecular complexity index is 631. The van der Waals surface area contributed by atoms with Crippen molar-refractivity contribution in [3.63, 3.8) is 0 Å². The SMILES string of the molecule is CN=C(NCc1ccccc1OCCN(C)C)N1CCC(N2CCOCC2)C1. The molecule has 1 N–H and O–H groups in total. The molecule has 2 aliphatic rings. The number of ether oxygens (including phenoxy) is 2. The molecule has 1 atom stereocenters. The van der Waals surface area contributed by atoms with Gasteiger partial charge >= 0.3 is 0 Å². The molecule has 156 valence electrons. The van der Waals surface area contributed by atoms with E-state index in [1.807, 2.05) is 19.2 Å². The molecule has 0 saturated carbocycles. The maximum absolute atomic E-state index is 5.98. The summed E-state index contributed by atoms with van der Waals surface area (Å²) in [6.07, 6.45) is 1.19. The van der Waals surface area contributed by atoms with Gasteiger partial charge in [0.15, 0.2) is 5.96 Å². The van der Waals surface area contributed by atoms with Gasteiger partial charge in [-0.1, -0.05) is 18.2 Å². The van der Waals surface area contributed by atoms with E-state index in [0.29, 0.717) is 19.2 Å². The molecule has 0 spiro atoms. The van der Waals surface area contributed by atoms with Gasteiger partial charge in [0, 0.05) is 57.9 Å². The molecule has 1 aromatic carbocycles. The average Bonchev–Trinajstić information content (AvgIpc) is 3.20. The van der Waals surface area contributed by atoms with Crippen LogP contribution in [0.1, 0.15) is 12.0 Å². The molecule has 7 nitrogen and oxygen atoms in total. The third-order valence-corrected chi connectivity index (χ3v) is 5.44. The van der Waals surface area contributed by atoms with Crippen molar-refractivity contribution in [2.24, 2.45) is 4.99 Å². The van der Waals surface area contributed by atoms with Crippen LogP contribution in [-0.4, -0.2) is 100 Å². The predicted molar refractivity (Wildman–Crippen MR) is 113 cm³/mol. The number of benzene rings is 1. The molecule has 28 heavy (non-hydrogen) atoms. The number of likely N-dealkylation sites (N-methyl/N-ethyl adjacent to an activating group) is 1. The monoisotopic (exact) mass is 389 g/mol. The fourth-order valence-corrected chi connectivity index (χ4v) is 3.81. The lowest BCUT2D eigenvalue weighted by Crippen LogP contribution is -2.46. The highest BCUT2D eigenvalue weighted by Crippen LogP contribution is 2.19. The second kappa shape index (κ2) is 10.6. The first-order valence-electron chi connectivity index (χ1n) is 10.3. The van der Waals surface area contributed by atoms with Crippen LogP contribution in [0.15, 0.2) is 29.3 Å². The first-order chi connectivity index (χ1) is 13.7. The average molecular weight is 390 g/mol. The highest BCUT2D eigenvalue weighted by atomic mass is 16.5. The number of guanidine groups is 1. The summed E-state index contributed by atoms with van der Waals surface area (Å²) < 4.78 is 11.5. The van der Waals surface area contributed by atoms with E-state index in [4.69, 9.17) is 9.47 Å². The van der Waals surface area contributed by atoms with Crippen molar-refractivity contribution in [2.45, 2.75) is 19.0 Å². The lowest BCUT2D eigenvalue weighted by Gasteiger charge is -2.32. The van der Waals surface area contributed by atoms with Gasteiger partial charge in [0.05, 0.1) is 13.2 Å². The lowest BCUT2D eigenvalue weighted by atomic mass is 10.2. The molecule has 0 bridgehead atoms. The largest absolute Gasteiger partial charge is 0.492 e. The second-order valence-electron chi connectivity index (χ2n) is 7.70. The van der Waals surface area contributed by atoms with Crippen LogP contribution in [0.4, 0.5) is 0 Å². The van der Waals surface area contributed by atoms with Crippen LogP contribution < -0.4 is 10.1 Å². The van der Waals surface area contributed by atoms with Crippen LogP contribution in [0.5, 0.6) is 5.75 Å². The third kappa shape index (κ3) is 5.83. The smallest absolute Gasteiger partial charge is 0.193 e. The second-order valence-corrected chi connectivity index (χ2v) is 7.70. The Labute approximate surface area is 169 Å². The van der Waals surface area contributed by atoms with Crippen LogP contribution in [0.3, 0.4) is 0 Å². The summed E-state index contributed by atoms with van der Waals surface area (Å²) in [5, 5.41) is 3.53. The van der Waals surface area contributed by atoms with Gasteiger partial charge in [0.25, 0.3) is 0 Å². The first-order valence-corrected chi connectivity index (χ1v) is 10.3. The molecular weight excluding hydrogens is 354 g/mol. The van der Waals surface area contributed by atoms with E-state index < -0.39 is 0 Å². The molecule has 2 aliphatic heterocycles. The lowest BCUT2D eigenvalue weighted by molar-refractivity contribution is 0.0195. The summed E-state index contributed by atoms with van der Waals surface area (Å²) in [7, 11) is 5.98. The molecule has 1 aromatic rings. The first kappa shape index (κ1) is 20.9. The number of para-hydroxylation sites is 1. The van der Waals surface area contributed by atoms with Crippen LogP contribution in [-0.2, 0) is 11.3 Å². The Morgan fingerprint density at radius 3 is 2.79 bits per heavy atom. The Balaban J connectivity index is 1.52. The number of aliphatic imine (C=N–C) groups is 1.